The van der Waals surface area contributed by atoms with Gasteiger partial charge in [0.05, 0.1) is 29.6 Å². The molecule has 2 aromatic rings. The molecule has 0 atom stereocenters. The number of aromatic carboxylic acids is 1. The number of carboxylic acid groups (broad SMARTS) is 1. The highest BCUT2D eigenvalue weighted by Crippen LogP contribution is 2.49. The molecule has 2 N–H and O–H groups in total. The minimum Gasteiger partial charge on any atom is -0.478 e. The van der Waals surface area contributed by atoms with Crippen molar-refractivity contribution >= 4 is 11.9 Å². The Bertz CT molecular complexity index is 840. The summed E-state index contributed by atoms with van der Waals surface area (Å²) in [6.45, 7) is 2.20. The molecule has 0 saturated heterocycles. The Morgan fingerprint density at radius 3 is 2.64 bits per heavy atom. The van der Waals surface area contributed by atoms with E-state index in [0.29, 0.717) is 17.9 Å². The van der Waals surface area contributed by atoms with E-state index in [0.717, 1.165) is 31.6 Å². The highest BCUT2D eigenvalue weighted by atomic mass is 16.4. The Hall–Kier alpha value is -2.81. The van der Waals surface area contributed by atoms with E-state index >= 15 is 0 Å². The first kappa shape index (κ1) is 15.7. The Kier molecular flexibility index (Phi) is 3.53. The summed E-state index contributed by atoms with van der Waals surface area (Å²) in [5, 5.41) is 16.5. The third-order valence-corrected chi connectivity index (χ3v) is 4.96. The van der Waals surface area contributed by atoms with Crippen LogP contribution in [0.1, 0.15) is 45.1 Å². The number of hydrogen-bond acceptors (Lipinski definition) is 6. The van der Waals surface area contributed by atoms with E-state index in [1.807, 2.05) is 4.68 Å². The fourth-order valence-electron chi connectivity index (χ4n) is 3.24. The van der Waals surface area contributed by atoms with Crippen LogP contribution < -0.4 is 5.32 Å². The quantitative estimate of drug-likeness (QED) is 0.818. The summed E-state index contributed by atoms with van der Waals surface area (Å²) in [4.78, 5) is 34.0. The van der Waals surface area contributed by atoms with Crippen LogP contribution in [0.3, 0.4) is 0 Å². The SMILES string of the molecule is CN(C(=O)c1cnn2c1CNCC2)C1(c2ncc(C(=O)O)cn2)CC1. The number of nitrogens with zero attached hydrogens (tertiary/aromatic N) is 5. The lowest BCUT2D eigenvalue weighted by Gasteiger charge is -2.27. The van der Waals surface area contributed by atoms with Crippen LogP contribution >= 0.6 is 0 Å². The van der Waals surface area contributed by atoms with Crippen LogP contribution in [0.25, 0.3) is 0 Å². The molecule has 0 unspecified atom stereocenters. The van der Waals surface area contributed by atoms with E-state index in [1.54, 1.807) is 18.1 Å². The van der Waals surface area contributed by atoms with Crippen LogP contribution in [0.15, 0.2) is 18.6 Å². The van der Waals surface area contributed by atoms with Gasteiger partial charge in [0.25, 0.3) is 5.91 Å². The first-order chi connectivity index (χ1) is 12.0. The number of amides is 1. The molecular formula is C16H18N6O3. The minimum atomic E-state index is -1.07. The Labute approximate surface area is 143 Å². The molecule has 130 valence electrons. The molecule has 0 radical (unpaired) electrons. The van der Waals surface area contributed by atoms with Crippen molar-refractivity contribution in [2.45, 2.75) is 31.5 Å². The highest BCUT2D eigenvalue weighted by Gasteiger charge is 2.53. The fourth-order valence-corrected chi connectivity index (χ4v) is 3.24. The third-order valence-electron chi connectivity index (χ3n) is 4.96. The Morgan fingerprint density at radius 1 is 1.28 bits per heavy atom. The average Bonchev–Trinajstić information content (AvgIpc) is 3.34. The van der Waals surface area contributed by atoms with Gasteiger partial charge in [0.1, 0.15) is 5.54 Å². The molecule has 2 aromatic heterocycles. The van der Waals surface area contributed by atoms with Crippen molar-refractivity contribution in [2.24, 2.45) is 0 Å². The Morgan fingerprint density at radius 2 is 2.00 bits per heavy atom. The predicted molar refractivity (Wildman–Crippen MR) is 85.9 cm³/mol. The number of nitrogens with one attached hydrogen (secondary N) is 1. The van der Waals surface area contributed by atoms with E-state index in [9.17, 15) is 9.59 Å². The van der Waals surface area contributed by atoms with Gasteiger partial charge in [-0.15, -0.1) is 0 Å². The second-order valence-corrected chi connectivity index (χ2v) is 6.40. The van der Waals surface area contributed by atoms with Gasteiger partial charge < -0.3 is 15.3 Å². The summed E-state index contributed by atoms with van der Waals surface area (Å²) >= 11 is 0. The summed E-state index contributed by atoms with van der Waals surface area (Å²) in [5.41, 5.74) is 0.944. The number of rotatable bonds is 4. The molecule has 4 rings (SSSR count). The smallest absolute Gasteiger partial charge is 0.338 e. The van der Waals surface area contributed by atoms with Crippen LogP contribution in [-0.2, 0) is 18.6 Å². The number of hydrogen-bond donors (Lipinski definition) is 2. The van der Waals surface area contributed by atoms with E-state index in [4.69, 9.17) is 5.11 Å². The van der Waals surface area contributed by atoms with Gasteiger partial charge in [0, 0.05) is 32.5 Å². The summed E-state index contributed by atoms with van der Waals surface area (Å²) < 4.78 is 1.86. The molecule has 0 spiro atoms. The van der Waals surface area contributed by atoms with Gasteiger partial charge in [-0.05, 0) is 12.8 Å². The molecule has 1 aliphatic heterocycles. The lowest BCUT2D eigenvalue weighted by molar-refractivity contribution is 0.0679. The van der Waals surface area contributed by atoms with Crippen molar-refractivity contribution in [2.75, 3.05) is 13.6 Å². The van der Waals surface area contributed by atoms with Crippen molar-refractivity contribution in [3.63, 3.8) is 0 Å². The predicted octanol–water partition coefficient (Wildman–Crippen LogP) is 0.236. The fraction of sp³-hybridized carbons (Fsp3) is 0.438. The molecule has 1 aliphatic carbocycles. The molecule has 0 bridgehead atoms. The normalized spacial score (nSPS) is 17.6. The molecule has 2 aliphatic rings. The largest absolute Gasteiger partial charge is 0.478 e. The highest BCUT2D eigenvalue weighted by molar-refractivity contribution is 5.95. The van der Waals surface area contributed by atoms with Crippen LogP contribution in [0, 0.1) is 0 Å². The summed E-state index contributed by atoms with van der Waals surface area (Å²) in [5.74, 6) is -0.708. The standard InChI is InChI=1S/C16H18N6O3/c1-21(13(23)11-8-20-22-5-4-17-9-12(11)22)16(2-3-16)15-18-6-10(7-19-15)14(24)25/h6-8,17H,2-5,9H2,1H3,(H,24,25). The van der Waals surface area contributed by atoms with Crippen molar-refractivity contribution in [1.29, 1.82) is 0 Å². The second kappa shape index (κ2) is 5.62. The molecule has 1 saturated carbocycles. The van der Waals surface area contributed by atoms with E-state index < -0.39 is 11.5 Å². The lowest BCUT2D eigenvalue weighted by Crippen LogP contribution is -2.39. The van der Waals surface area contributed by atoms with Gasteiger partial charge in [0.2, 0.25) is 0 Å². The topological polar surface area (TPSA) is 113 Å². The summed E-state index contributed by atoms with van der Waals surface area (Å²) in [7, 11) is 1.74. The number of carbonyl (C=O) groups is 2. The average molecular weight is 342 g/mol. The van der Waals surface area contributed by atoms with Crippen molar-refractivity contribution < 1.29 is 14.7 Å². The van der Waals surface area contributed by atoms with Crippen molar-refractivity contribution in [3.05, 3.63) is 41.2 Å². The lowest BCUT2D eigenvalue weighted by atomic mass is 10.1. The maximum absolute atomic E-state index is 13.0. The molecule has 9 heteroatoms. The summed E-state index contributed by atoms with van der Waals surface area (Å²) in [6.07, 6.45) is 5.70. The van der Waals surface area contributed by atoms with Gasteiger partial charge in [0.15, 0.2) is 5.82 Å². The summed E-state index contributed by atoms with van der Waals surface area (Å²) in [6, 6.07) is 0. The third kappa shape index (κ3) is 2.47. The second-order valence-electron chi connectivity index (χ2n) is 6.40. The molecule has 1 fully saturated rings. The van der Waals surface area contributed by atoms with E-state index in [1.165, 1.54) is 12.4 Å². The van der Waals surface area contributed by atoms with Crippen molar-refractivity contribution in [1.82, 2.24) is 30.0 Å². The van der Waals surface area contributed by atoms with Gasteiger partial charge in [-0.3, -0.25) is 9.48 Å². The number of carboxylic acids is 1. The molecule has 3 heterocycles. The van der Waals surface area contributed by atoms with Crippen molar-refractivity contribution in [3.8, 4) is 0 Å². The molecule has 0 aromatic carbocycles. The van der Waals surface area contributed by atoms with Crippen LogP contribution in [-0.4, -0.2) is 55.2 Å². The van der Waals surface area contributed by atoms with Crippen LogP contribution in [0.4, 0.5) is 0 Å². The maximum atomic E-state index is 13.0. The number of aromatic nitrogens is 4. The monoisotopic (exact) mass is 342 g/mol. The zero-order valence-corrected chi connectivity index (χ0v) is 13.8. The van der Waals surface area contributed by atoms with Gasteiger partial charge in [-0.1, -0.05) is 0 Å². The first-order valence-corrected chi connectivity index (χ1v) is 8.12. The zero-order chi connectivity index (χ0) is 17.6. The molecule has 1 amide bonds. The molecular weight excluding hydrogens is 324 g/mol. The van der Waals surface area contributed by atoms with E-state index in [2.05, 4.69) is 20.4 Å². The maximum Gasteiger partial charge on any atom is 0.338 e. The van der Waals surface area contributed by atoms with Crippen LogP contribution in [0.5, 0.6) is 0 Å². The number of fused-ring (bicyclic) bond motifs is 1. The Balaban J connectivity index is 1.61. The minimum absolute atomic E-state index is 0.0327. The van der Waals surface area contributed by atoms with Gasteiger partial charge >= 0.3 is 5.97 Å². The molecule has 25 heavy (non-hydrogen) atoms. The van der Waals surface area contributed by atoms with Gasteiger partial charge in [-0.25, -0.2) is 14.8 Å². The molecule has 9 nitrogen and oxygen atoms in total. The van der Waals surface area contributed by atoms with Gasteiger partial charge in [-0.2, -0.15) is 5.10 Å². The first-order valence-electron chi connectivity index (χ1n) is 8.12. The number of carbonyl (C=O) groups excluding carboxylic acids is 1. The van der Waals surface area contributed by atoms with E-state index in [-0.39, 0.29) is 11.5 Å². The zero-order valence-electron chi connectivity index (χ0n) is 13.8. The van der Waals surface area contributed by atoms with Crippen LogP contribution in [0.2, 0.25) is 0 Å².